The molecule has 4 nitrogen and oxygen atoms in total. The number of ketones is 1. The first-order chi connectivity index (χ1) is 14.1. The number of ether oxygens (including phenoxy) is 1. The molecule has 0 saturated carbocycles. The van der Waals surface area contributed by atoms with E-state index >= 15 is 0 Å². The molecular weight excluding hydrogens is 430 g/mol. The molecule has 0 unspecified atom stereocenters. The second-order valence-corrected chi connectivity index (χ2v) is 7.90. The average molecular weight is 458 g/mol. The van der Waals surface area contributed by atoms with Gasteiger partial charge in [0.25, 0.3) is 0 Å². The zero-order chi connectivity index (χ0) is 21.1. The molecule has 0 bridgehead atoms. The van der Waals surface area contributed by atoms with E-state index in [9.17, 15) is 9.59 Å². The molecule has 5 heteroatoms. The van der Waals surface area contributed by atoms with E-state index in [2.05, 4.69) is 34.5 Å². The molecule has 0 radical (unpaired) electrons. The molecule has 0 aliphatic rings. The van der Waals surface area contributed by atoms with E-state index < -0.39 is 0 Å². The van der Waals surface area contributed by atoms with Crippen molar-refractivity contribution in [2.45, 2.75) is 25.7 Å². The molecule has 0 saturated heterocycles. The van der Waals surface area contributed by atoms with Crippen LogP contribution in [0.4, 0.5) is 0 Å². The number of aldehydes is 1. The van der Waals surface area contributed by atoms with E-state index in [1.165, 1.54) is 0 Å². The quantitative estimate of drug-likeness (QED) is 0.171. The highest BCUT2D eigenvalue weighted by molar-refractivity contribution is 9.10. The minimum absolute atomic E-state index is 0.186. The fourth-order valence-electron chi connectivity index (χ4n) is 3.08. The van der Waals surface area contributed by atoms with Crippen LogP contribution in [0.15, 0.2) is 59.6 Å². The van der Waals surface area contributed by atoms with Crippen molar-refractivity contribution in [3.8, 4) is 5.75 Å². The molecule has 0 fully saturated rings. The van der Waals surface area contributed by atoms with Crippen LogP contribution in [0.25, 0.3) is 0 Å². The summed E-state index contributed by atoms with van der Waals surface area (Å²) >= 11 is 3.36. The van der Waals surface area contributed by atoms with E-state index in [4.69, 9.17) is 4.74 Å². The lowest BCUT2D eigenvalue weighted by Gasteiger charge is -2.14. The topological polar surface area (TPSA) is 46.6 Å². The van der Waals surface area contributed by atoms with Gasteiger partial charge in [0.2, 0.25) is 0 Å². The van der Waals surface area contributed by atoms with Gasteiger partial charge in [-0.3, -0.25) is 9.59 Å². The van der Waals surface area contributed by atoms with Gasteiger partial charge in [0.1, 0.15) is 5.75 Å². The van der Waals surface area contributed by atoms with Crippen LogP contribution < -0.4 is 4.74 Å². The summed E-state index contributed by atoms with van der Waals surface area (Å²) in [6, 6.07) is 12.3. The Kier molecular flexibility index (Phi) is 9.81. The summed E-state index contributed by atoms with van der Waals surface area (Å²) < 4.78 is 6.72. The first kappa shape index (κ1) is 23.0. The molecule has 0 heterocycles. The number of nitrogens with zero attached hydrogens (tertiary/aromatic N) is 1. The standard InChI is InChI=1S/C24H28BrNO3/c1-3-15-26(2)16-6-4-5-7-17-29-23-10-8-9-21(22(23)18-27)24(28)19-11-13-20(25)14-12-19/h3,8-14,18H,1,4-7,15-17H2,2H3. The van der Waals surface area contributed by atoms with Gasteiger partial charge >= 0.3 is 0 Å². The van der Waals surface area contributed by atoms with Gasteiger partial charge in [-0.2, -0.15) is 0 Å². The maximum Gasteiger partial charge on any atom is 0.193 e. The molecule has 2 rings (SSSR count). The number of rotatable bonds is 13. The van der Waals surface area contributed by atoms with Crippen molar-refractivity contribution in [2.24, 2.45) is 0 Å². The maximum atomic E-state index is 12.8. The predicted molar refractivity (Wildman–Crippen MR) is 121 cm³/mol. The summed E-state index contributed by atoms with van der Waals surface area (Å²) in [5.74, 6) is 0.280. The Morgan fingerprint density at radius 2 is 1.83 bits per heavy atom. The lowest BCUT2D eigenvalue weighted by atomic mass is 9.98. The van der Waals surface area contributed by atoms with Gasteiger partial charge in [-0.15, -0.1) is 6.58 Å². The highest BCUT2D eigenvalue weighted by Gasteiger charge is 2.17. The number of hydrogen-bond acceptors (Lipinski definition) is 4. The lowest BCUT2D eigenvalue weighted by Crippen LogP contribution is -2.19. The van der Waals surface area contributed by atoms with Crippen molar-refractivity contribution in [1.29, 1.82) is 0 Å². The summed E-state index contributed by atoms with van der Waals surface area (Å²) in [4.78, 5) is 26.7. The Labute approximate surface area is 181 Å². The summed E-state index contributed by atoms with van der Waals surface area (Å²) in [6.07, 6.45) is 6.86. The van der Waals surface area contributed by atoms with Crippen LogP contribution in [0.3, 0.4) is 0 Å². The molecule has 0 atom stereocenters. The van der Waals surface area contributed by atoms with Gasteiger partial charge < -0.3 is 9.64 Å². The third-order valence-electron chi connectivity index (χ3n) is 4.67. The van der Waals surface area contributed by atoms with Crippen molar-refractivity contribution in [2.75, 3.05) is 26.7 Å². The van der Waals surface area contributed by atoms with Gasteiger partial charge in [-0.1, -0.05) is 47.0 Å². The molecular formula is C24H28BrNO3. The van der Waals surface area contributed by atoms with Crippen LogP contribution in [0, 0.1) is 0 Å². The Morgan fingerprint density at radius 3 is 2.52 bits per heavy atom. The molecule has 0 spiro atoms. The number of hydrogen-bond donors (Lipinski definition) is 0. The molecule has 154 valence electrons. The maximum absolute atomic E-state index is 12.8. The molecule has 2 aromatic carbocycles. The first-order valence-corrected chi connectivity index (χ1v) is 10.7. The second-order valence-electron chi connectivity index (χ2n) is 6.98. The minimum Gasteiger partial charge on any atom is -0.493 e. The largest absolute Gasteiger partial charge is 0.493 e. The number of benzene rings is 2. The summed E-state index contributed by atoms with van der Waals surface area (Å²) in [5.41, 5.74) is 1.21. The summed E-state index contributed by atoms with van der Waals surface area (Å²) in [5, 5.41) is 0. The van der Waals surface area contributed by atoms with E-state index in [0.717, 1.165) is 43.2 Å². The molecule has 0 aromatic heterocycles. The Morgan fingerprint density at radius 1 is 1.10 bits per heavy atom. The average Bonchev–Trinajstić information content (AvgIpc) is 2.73. The predicted octanol–water partition coefficient (Wildman–Crippen LogP) is 5.55. The third-order valence-corrected chi connectivity index (χ3v) is 5.20. The van der Waals surface area contributed by atoms with Gasteiger partial charge in [-0.05, 0) is 56.8 Å². The van der Waals surface area contributed by atoms with Crippen molar-refractivity contribution in [3.05, 3.63) is 76.3 Å². The smallest absolute Gasteiger partial charge is 0.193 e. The highest BCUT2D eigenvalue weighted by atomic mass is 79.9. The number of halogens is 1. The Bertz CT molecular complexity index is 817. The van der Waals surface area contributed by atoms with Crippen LogP contribution >= 0.6 is 15.9 Å². The number of likely N-dealkylation sites (N-methyl/N-ethyl adjacent to an activating group) is 1. The van der Waals surface area contributed by atoms with Crippen molar-refractivity contribution in [3.63, 3.8) is 0 Å². The molecule has 29 heavy (non-hydrogen) atoms. The third kappa shape index (κ3) is 7.26. The highest BCUT2D eigenvalue weighted by Crippen LogP contribution is 2.24. The van der Waals surface area contributed by atoms with Gasteiger partial charge in [0.15, 0.2) is 12.1 Å². The fraction of sp³-hybridized carbons (Fsp3) is 0.333. The Balaban J connectivity index is 1.89. The van der Waals surface area contributed by atoms with E-state index in [1.54, 1.807) is 30.3 Å². The number of carbonyl (C=O) groups excluding carboxylic acids is 2. The van der Waals surface area contributed by atoms with E-state index in [0.29, 0.717) is 35.3 Å². The van der Waals surface area contributed by atoms with E-state index in [1.807, 2.05) is 18.2 Å². The zero-order valence-corrected chi connectivity index (χ0v) is 18.5. The number of unbranched alkanes of at least 4 members (excludes halogenated alkanes) is 3. The fourth-order valence-corrected chi connectivity index (χ4v) is 3.34. The minimum atomic E-state index is -0.186. The molecule has 0 aliphatic heterocycles. The molecule has 0 N–H and O–H groups in total. The molecule has 0 amide bonds. The van der Waals surface area contributed by atoms with Crippen LogP contribution in [0.2, 0.25) is 0 Å². The molecule has 2 aromatic rings. The van der Waals surface area contributed by atoms with Crippen LogP contribution in [0.5, 0.6) is 5.75 Å². The number of carbonyl (C=O) groups is 2. The second kappa shape index (κ2) is 12.3. The molecule has 0 aliphatic carbocycles. The Hall–Kier alpha value is -2.24. The van der Waals surface area contributed by atoms with E-state index in [-0.39, 0.29) is 5.78 Å². The van der Waals surface area contributed by atoms with Gasteiger partial charge in [0.05, 0.1) is 12.2 Å². The first-order valence-electron chi connectivity index (χ1n) is 9.87. The summed E-state index contributed by atoms with van der Waals surface area (Å²) in [7, 11) is 2.09. The SMILES string of the molecule is C=CCN(C)CCCCCCOc1cccc(C(=O)c2ccc(Br)cc2)c1C=O. The van der Waals surface area contributed by atoms with Crippen molar-refractivity contribution < 1.29 is 14.3 Å². The van der Waals surface area contributed by atoms with Gasteiger partial charge in [-0.25, -0.2) is 0 Å². The summed E-state index contributed by atoms with van der Waals surface area (Å²) in [6.45, 7) is 6.24. The lowest BCUT2D eigenvalue weighted by molar-refractivity contribution is 0.102. The van der Waals surface area contributed by atoms with Crippen LogP contribution in [-0.4, -0.2) is 43.7 Å². The van der Waals surface area contributed by atoms with Crippen molar-refractivity contribution in [1.82, 2.24) is 4.90 Å². The normalized spacial score (nSPS) is 10.7. The van der Waals surface area contributed by atoms with Crippen molar-refractivity contribution >= 4 is 28.0 Å². The zero-order valence-electron chi connectivity index (χ0n) is 16.9. The van der Waals surface area contributed by atoms with Crippen LogP contribution in [0.1, 0.15) is 52.0 Å². The van der Waals surface area contributed by atoms with Crippen LogP contribution in [-0.2, 0) is 0 Å². The monoisotopic (exact) mass is 457 g/mol. The van der Waals surface area contributed by atoms with Gasteiger partial charge in [0, 0.05) is 22.1 Å².